The van der Waals surface area contributed by atoms with Crippen LogP contribution in [-0.4, -0.2) is 66.7 Å². The molecule has 0 aliphatic carbocycles. The van der Waals surface area contributed by atoms with Gasteiger partial charge in [-0.3, -0.25) is 14.4 Å². The highest BCUT2D eigenvalue weighted by Gasteiger charge is 2.66. The Morgan fingerprint density at radius 2 is 1.72 bits per heavy atom. The first-order valence-corrected chi connectivity index (χ1v) is 10.3. The molecule has 0 aromatic heterocycles. The fourth-order valence-electron chi connectivity index (χ4n) is 4.57. The van der Waals surface area contributed by atoms with Gasteiger partial charge in [0.05, 0.1) is 5.57 Å². The lowest BCUT2D eigenvalue weighted by molar-refractivity contribution is -0.143. The number of fused-ring (bicyclic) bond motifs is 2. The van der Waals surface area contributed by atoms with E-state index in [2.05, 4.69) is 0 Å². The van der Waals surface area contributed by atoms with Gasteiger partial charge in [-0.05, 0) is 57.4 Å². The van der Waals surface area contributed by atoms with Crippen LogP contribution in [0.5, 0.6) is 0 Å². The van der Waals surface area contributed by atoms with Crippen molar-refractivity contribution in [1.82, 2.24) is 9.80 Å². The largest absolute Gasteiger partial charge is 0.507 e. The molecule has 1 atom stereocenters. The highest BCUT2D eigenvalue weighted by Crippen LogP contribution is 2.53. The number of ketones is 1. The first-order chi connectivity index (χ1) is 15.2. The number of para-hydroxylation sites is 1. The van der Waals surface area contributed by atoms with Gasteiger partial charge in [0.2, 0.25) is 0 Å². The van der Waals surface area contributed by atoms with Gasteiger partial charge in [-0.15, -0.1) is 0 Å². The van der Waals surface area contributed by atoms with Crippen molar-refractivity contribution in [2.45, 2.75) is 12.0 Å². The second kappa shape index (κ2) is 7.87. The Bertz CT molecular complexity index is 1140. The van der Waals surface area contributed by atoms with Crippen LogP contribution in [-0.2, 0) is 19.9 Å². The van der Waals surface area contributed by atoms with Crippen molar-refractivity contribution in [2.24, 2.45) is 0 Å². The molecular formula is C24H24FN3O4. The third kappa shape index (κ3) is 3.02. The van der Waals surface area contributed by atoms with Gasteiger partial charge in [0.15, 0.2) is 5.54 Å². The molecule has 2 aliphatic rings. The van der Waals surface area contributed by atoms with Gasteiger partial charge in [-0.1, -0.05) is 18.2 Å². The molecule has 2 heterocycles. The minimum atomic E-state index is -1.77. The predicted molar refractivity (Wildman–Crippen MR) is 117 cm³/mol. The Balaban J connectivity index is 1.98. The van der Waals surface area contributed by atoms with E-state index in [9.17, 15) is 23.9 Å². The molecule has 1 fully saturated rings. The zero-order chi connectivity index (χ0) is 23.2. The van der Waals surface area contributed by atoms with Crippen LogP contribution in [0, 0.1) is 5.82 Å². The monoisotopic (exact) mass is 437 g/mol. The quantitative estimate of drug-likeness (QED) is 0.441. The van der Waals surface area contributed by atoms with E-state index in [0.29, 0.717) is 24.2 Å². The molecule has 166 valence electrons. The van der Waals surface area contributed by atoms with Gasteiger partial charge >= 0.3 is 0 Å². The third-order valence-corrected chi connectivity index (χ3v) is 6.04. The van der Waals surface area contributed by atoms with Gasteiger partial charge in [0, 0.05) is 30.4 Å². The SMILES string of the molecule is CN(C)CCCN1C(=O)C(=O)C(=C(O)c2ccc(F)cc2)[C@@]12C(=O)N(C)c1ccccc12. The number of aliphatic hydroxyl groups excluding tert-OH is 1. The van der Waals surface area contributed by atoms with Crippen molar-refractivity contribution in [3.8, 4) is 0 Å². The number of benzene rings is 2. The van der Waals surface area contributed by atoms with Crippen molar-refractivity contribution < 1.29 is 23.9 Å². The topological polar surface area (TPSA) is 81.2 Å². The summed E-state index contributed by atoms with van der Waals surface area (Å²) in [5.74, 6) is -3.29. The normalized spacial score (nSPS) is 21.8. The lowest BCUT2D eigenvalue weighted by atomic mass is 9.82. The van der Waals surface area contributed by atoms with Crippen molar-refractivity contribution in [1.29, 1.82) is 0 Å². The van der Waals surface area contributed by atoms with Crippen LogP contribution < -0.4 is 4.90 Å². The molecular weight excluding hydrogens is 413 g/mol. The number of halogens is 1. The molecule has 32 heavy (non-hydrogen) atoms. The second-order valence-corrected chi connectivity index (χ2v) is 8.26. The van der Waals surface area contributed by atoms with Crippen LogP contribution >= 0.6 is 0 Å². The fourth-order valence-corrected chi connectivity index (χ4v) is 4.57. The zero-order valence-corrected chi connectivity index (χ0v) is 18.1. The second-order valence-electron chi connectivity index (χ2n) is 8.26. The zero-order valence-electron chi connectivity index (χ0n) is 18.1. The van der Waals surface area contributed by atoms with E-state index in [1.165, 1.54) is 21.9 Å². The van der Waals surface area contributed by atoms with E-state index in [1.807, 2.05) is 19.0 Å². The molecule has 0 radical (unpaired) electrons. The maximum absolute atomic E-state index is 13.7. The maximum Gasteiger partial charge on any atom is 0.296 e. The molecule has 1 saturated heterocycles. The van der Waals surface area contributed by atoms with Crippen molar-refractivity contribution in [3.63, 3.8) is 0 Å². The van der Waals surface area contributed by atoms with E-state index >= 15 is 0 Å². The number of carbonyl (C=O) groups excluding carboxylic acids is 3. The summed E-state index contributed by atoms with van der Waals surface area (Å²) in [6.07, 6.45) is 0.525. The molecule has 4 rings (SSSR count). The van der Waals surface area contributed by atoms with Crippen LogP contribution in [0.25, 0.3) is 5.76 Å². The van der Waals surface area contributed by atoms with Gasteiger partial charge in [-0.2, -0.15) is 0 Å². The van der Waals surface area contributed by atoms with Gasteiger partial charge in [0.25, 0.3) is 17.6 Å². The number of anilines is 1. The van der Waals surface area contributed by atoms with Crippen molar-refractivity contribution in [3.05, 3.63) is 71.0 Å². The number of hydrogen-bond acceptors (Lipinski definition) is 5. The summed E-state index contributed by atoms with van der Waals surface area (Å²) in [5.41, 5.74) is -0.899. The number of likely N-dealkylation sites (N-methyl/N-ethyl adjacent to an activating group) is 1. The van der Waals surface area contributed by atoms with Gasteiger partial charge < -0.3 is 19.8 Å². The van der Waals surface area contributed by atoms with E-state index in [1.54, 1.807) is 31.3 Å². The average molecular weight is 437 g/mol. The standard InChI is InChI=1S/C24H24FN3O4/c1-26(2)13-6-14-28-22(31)21(30)19(20(29)15-9-11-16(25)12-10-15)24(28)17-7-4-5-8-18(17)27(3)23(24)32/h4-5,7-12,29H,6,13-14H2,1-3H3/t24-/m0/s1. The highest BCUT2D eigenvalue weighted by molar-refractivity contribution is 6.50. The Hall–Kier alpha value is -3.52. The Labute approximate surface area is 185 Å². The van der Waals surface area contributed by atoms with Gasteiger partial charge in [-0.25, -0.2) is 4.39 Å². The maximum atomic E-state index is 13.7. The van der Waals surface area contributed by atoms with Crippen LogP contribution in [0.4, 0.5) is 10.1 Å². The average Bonchev–Trinajstić information content (AvgIpc) is 3.13. The molecule has 7 nitrogen and oxygen atoms in total. The first-order valence-electron chi connectivity index (χ1n) is 10.3. The molecule has 2 aliphatic heterocycles. The summed E-state index contributed by atoms with van der Waals surface area (Å²) in [6.45, 7) is 0.791. The van der Waals surface area contributed by atoms with Gasteiger partial charge in [0.1, 0.15) is 11.6 Å². The molecule has 2 aromatic rings. The summed E-state index contributed by atoms with van der Waals surface area (Å²) >= 11 is 0. The van der Waals surface area contributed by atoms with E-state index in [0.717, 1.165) is 12.1 Å². The minimum absolute atomic E-state index is 0.150. The fraction of sp³-hybridized carbons (Fsp3) is 0.292. The van der Waals surface area contributed by atoms with Crippen molar-refractivity contribution >= 4 is 29.0 Å². The Kier molecular flexibility index (Phi) is 5.34. The van der Waals surface area contributed by atoms with E-state index < -0.39 is 34.7 Å². The summed E-state index contributed by atoms with van der Waals surface area (Å²) in [7, 11) is 5.36. The number of aliphatic hydroxyl groups is 1. The molecule has 1 spiro atoms. The number of nitrogens with zero attached hydrogens (tertiary/aromatic N) is 3. The van der Waals surface area contributed by atoms with Crippen LogP contribution in [0.2, 0.25) is 0 Å². The van der Waals surface area contributed by atoms with Crippen LogP contribution in [0.1, 0.15) is 17.5 Å². The lowest BCUT2D eigenvalue weighted by Gasteiger charge is -2.34. The number of likely N-dealkylation sites (tertiary alicyclic amines) is 1. The van der Waals surface area contributed by atoms with E-state index in [-0.39, 0.29) is 17.7 Å². The number of Topliss-reactive ketones (excluding diaryl/α,β-unsaturated/α-hetero) is 1. The Morgan fingerprint density at radius 1 is 1.06 bits per heavy atom. The highest BCUT2D eigenvalue weighted by atomic mass is 19.1. The number of amides is 2. The van der Waals surface area contributed by atoms with Crippen molar-refractivity contribution in [2.75, 3.05) is 39.1 Å². The Morgan fingerprint density at radius 3 is 2.38 bits per heavy atom. The minimum Gasteiger partial charge on any atom is -0.507 e. The molecule has 0 saturated carbocycles. The predicted octanol–water partition coefficient (Wildman–Crippen LogP) is 2.33. The summed E-state index contributed by atoms with van der Waals surface area (Å²) < 4.78 is 13.4. The van der Waals surface area contributed by atoms with Crippen LogP contribution in [0.15, 0.2) is 54.1 Å². The molecule has 2 aromatic carbocycles. The molecule has 2 amide bonds. The summed E-state index contributed by atoms with van der Waals surface area (Å²) in [4.78, 5) is 44.8. The summed E-state index contributed by atoms with van der Waals surface area (Å²) in [6, 6.07) is 11.8. The van der Waals surface area contributed by atoms with E-state index in [4.69, 9.17) is 0 Å². The molecule has 8 heteroatoms. The molecule has 1 N–H and O–H groups in total. The smallest absolute Gasteiger partial charge is 0.296 e. The molecule has 0 bridgehead atoms. The third-order valence-electron chi connectivity index (χ3n) is 6.04. The summed E-state index contributed by atoms with van der Waals surface area (Å²) in [5, 5.41) is 11.2. The van der Waals surface area contributed by atoms with Crippen LogP contribution in [0.3, 0.4) is 0 Å². The number of hydrogen-bond donors (Lipinski definition) is 1. The molecule has 0 unspecified atom stereocenters. The first kappa shape index (κ1) is 21.7. The number of carbonyl (C=O) groups is 3. The number of rotatable bonds is 5. The lowest BCUT2D eigenvalue weighted by Crippen LogP contribution is -2.51.